The number of hydrogen-bond donors (Lipinski definition) is 1. The Kier molecular flexibility index (Phi) is 5.08. The van der Waals surface area contributed by atoms with Crippen LogP contribution >= 0.6 is 0 Å². The highest BCUT2D eigenvalue weighted by atomic mass is 16.5. The number of carbonyl (C=O) groups is 1. The second-order valence-corrected chi connectivity index (χ2v) is 4.26. The van der Waals surface area contributed by atoms with Gasteiger partial charge in [0.05, 0.1) is 13.5 Å². The van der Waals surface area contributed by atoms with Gasteiger partial charge in [-0.2, -0.15) is 0 Å². The first-order valence-electron chi connectivity index (χ1n) is 4.85. The minimum Gasteiger partial charge on any atom is -0.469 e. The van der Waals surface area contributed by atoms with Gasteiger partial charge in [0.15, 0.2) is 0 Å². The van der Waals surface area contributed by atoms with E-state index in [1.54, 1.807) is 0 Å². The zero-order chi connectivity index (χ0) is 11.4. The van der Waals surface area contributed by atoms with Crippen LogP contribution in [-0.4, -0.2) is 43.2 Å². The van der Waals surface area contributed by atoms with Crippen molar-refractivity contribution < 1.29 is 9.53 Å². The van der Waals surface area contributed by atoms with Gasteiger partial charge in [-0.05, 0) is 27.8 Å². The summed E-state index contributed by atoms with van der Waals surface area (Å²) in [6.45, 7) is 6.65. The molecule has 4 nitrogen and oxygen atoms in total. The first kappa shape index (κ1) is 13.4. The van der Waals surface area contributed by atoms with Crippen LogP contribution in [0.1, 0.15) is 27.2 Å². The quantitative estimate of drug-likeness (QED) is 0.664. The van der Waals surface area contributed by atoms with Crippen LogP contribution in [0.25, 0.3) is 0 Å². The molecule has 1 unspecified atom stereocenters. The molecule has 14 heavy (non-hydrogen) atoms. The molecule has 0 saturated heterocycles. The number of likely N-dealkylation sites (N-methyl/N-ethyl adjacent to an activating group) is 1. The van der Waals surface area contributed by atoms with Gasteiger partial charge in [-0.25, -0.2) is 0 Å². The van der Waals surface area contributed by atoms with Gasteiger partial charge in [0.2, 0.25) is 0 Å². The predicted octanol–water partition coefficient (Wildman–Crippen LogP) is 0.607. The lowest BCUT2D eigenvalue weighted by Crippen LogP contribution is -2.50. The third kappa shape index (κ3) is 3.64. The van der Waals surface area contributed by atoms with E-state index < -0.39 is 0 Å². The smallest absolute Gasteiger partial charge is 0.307 e. The van der Waals surface area contributed by atoms with Crippen molar-refractivity contribution in [2.24, 2.45) is 5.73 Å². The molecule has 0 aromatic carbocycles. The summed E-state index contributed by atoms with van der Waals surface area (Å²) in [5.41, 5.74) is 5.36. The minimum atomic E-state index is -0.216. The first-order valence-corrected chi connectivity index (χ1v) is 4.85. The van der Waals surface area contributed by atoms with Crippen LogP contribution in [0.4, 0.5) is 0 Å². The first-order chi connectivity index (χ1) is 6.35. The van der Waals surface area contributed by atoms with E-state index in [1.807, 2.05) is 27.8 Å². The fourth-order valence-electron chi connectivity index (χ4n) is 1.30. The molecular weight excluding hydrogens is 180 g/mol. The molecule has 1 atom stereocenters. The second kappa shape index (κ2) is 5.32. The molecule has 0 aromatic heterocycles. The third-order valence-corrected chi connectivity index (χ3v) is 2.76. The maximum atomic E-state index is 11.2. The Labute approximate surface area is 86.4 Å². The normalized spacial score (nSPS) is 14.2. The van der Waals surface area contributed by atoms with Gasteiger partial charge >= 0.3 is 5.97 Å². The average molecular weight is 202 g/mol. The molecule has 0 bridgehead atoms. The summed E-state index contributed by atoms with van der Waals surface area (Å²) in [4.78, 5) is 13.3. The van der Waals surface area contributed by atoms with Crippen LogP contribution in [0, 0.1) is 0 Å². The number of ether oxygens (including phenoxy) is 1. The minimum absolute atomic E-state index is 0.189. The van der Waals surface area contributed by atoms with Crippen molar-refractivity contribution in [1.29, 1.82) is 0 Å². The predicted molar refractivity (Wildman–Crippen MR) is 57.0 cm³/mol. The van der Waals surface area contributed by atoms with Gasteiger partial charge in [0, 0.05) is 18.1 Å². The molecular formula is C10H22N2O2. The molecule has 2 N–H and O–H groups in total. The molecule has 0 aliphatic carbocycles. The number of hydrogen-bond acceptors (Lipinski definition) is 4. The molecule has 0 fully saturated rings. The molecule has 0 aromatic rings. The fourth-order valence-corrected chi connectivity index (χ4v) is 1.30. The van der Waals surface area contributed by atoms with Gasteiger partial charge < -0.3 is 10.5 Å². The van der Waals surface area contributed by atoms with E-state index in [9.17, 15) is 4.79 Å². The van der Waals surface area contributed by atoms with E-state index in [0.717, 1.165) is 0 Å². The summed E-state index contributed by atoms with van der Waals surface area (Å²) in [6.07, 6.45) is 0.379. The third-order valence-electron chi connectivity index (χ3n) is 2.76. The summed E-state index contributed by atoms with van der Waals surface area (Å²) < 4.78 is 4.65. The van der Waals surface area contributed by atoms with Crippen LogP contribution < -0.4 is 5.73 Å². The fraction of sp³-hybridized carbons (Fsp3) is 0.900. The Hall–Kier alpha value is -0.610. The molecule has 0 amide bonds. The maximum absolute atomic E-state index is 11.2. The molecule has 0 radical (unpaired) electrons. The standard InChI is InChI=1S/C10H22N2O2/c1-8(7-11)12(4)10(2,3)6-9(13)14-5/h8H,6-7,11H2,1-5H3. The highest BCUT2D eigenvalue weighted by Crippen LogP contribution is 2.19. The highest BCUT2D eigenvalue weighted by molar-refractivity contribution is 5.70. The highest BCUT2D eigenvalue weighted by Gasteiger charge is 2.29. The van der Waals surface area contributed by atoms with Crippen molar-refractivity contribution in [1.82, 2.24) is 4.90 Å². The van der Waals surface area contributed by atoms with E-state index in [1.165, 1.54) is 7.11 Å². The van der Waals surface area contributed by atoms with Crippen molar-refractivity contribution in [3.05, 3.63) is 0 Å². The molecule has 0 spiro atoms. The zero-order valence-corrected chi connectivity index (χ0v) is 9.83. The summed E-state index contributed by atoms with van der Waals surface area (Å²) in [5.74, 6) is -0.189. The molecule has 0 aliphatic heterocycles. The maximum Gasteiger partial charge on any atom is 0.307 e. The van der Waals surface area contributed by atoms with Crippen molar-refractivity contribution in [2.45, 2.75) is 38.8 Å². The number of carbonyl (C=O) groups excluding carboxylic acids is 1. The monoisotopic (exact) mass is 202 g/mol. The van der Waals surface area contributed by atoms with Crippen molar-refractivity contribution >= 4 is 5.97 Å². The Morgan fingerprint density at radius 1 is 1.57 bits per heavy atom. The van der Waals surface area contributed by atoms with Gasteiger partial charge in [-0.1, -0.05) is 0 Å². The SMILES string of the molecule is COC(=O)CC(C)(C)N(C)C(C)CN. The lowest BCUT2D eigenvalue weighted by molar-refractivity contribution is -0.143. The van der Waals surface area contributed by atoms with E-state index >= 15 is 0 Å². The summed E-state index contributed by atoms with van der Waals surface area (Å²) in [7, 11) is 3.38. The lowest BCUT2D eigenvalue weighted by Gasteiger charge is -2.38. The molecule has 0 saturated carbocycles. The number of rotatable bonds is 5. The lowest BCUT2D eigenvalue weighted by atomic mass is 9.97. The largest absolute Gasteiger partial charge is 0.469 e. The Bertz CT molecular complexity index is 193. The van der Waals surface area contributed by atoms with Gasteiger partial charge in [-0.3, -0.25) is 9.69 Å². The van der Waals surface area contributed by atoms with E-state index in [-0.39, 0.29) is 17.6 Å². The van der Waals surface area contributed by atoms with Gasteiger partial charge in [-0.15, -0.1) is 0 Å². The average Bonchev–Trinajstić information content (AvgIpc) is 2.14. The number of methoxy groups -OCH3 is 1. The summed E-state index contributed by atoms with van der Waals surface area (Å²) >= 11 is 0. The van der Waals surface area contributed by atoms with Crippen LogP contribution in [-0.2, 0) is 9.53 Å². The van der Waals surface area contributed by atoms with Crippen molar-refractivity contribution in [3.8, 4) is 0 Å². The Morgan fingerprint density at radius 3 is 2.43 bits per heavy atom. The number of nitrogens with zero attached hydrogens (tertiary/aromatic N) is 1. The molecule has 0 rings (SSSR count). The Balaban J connectivity index is 4.36. The van der Waals surface area contributed by atoms with Crippen LogP contribution in [0.5, 0.6) is 0 Å². The van der Waals surface area contributed by atoms with Crippen molar-refractivity contribution in [2.75, 3.05) is 20.7 Å². The van der Waals surface area contributed by atoms with Crippen LogP contribution in [0.3, 0.4) is 0 Å². The number of nitrogens with two attached hydrogens (primary N) is 1. The molecule has 0 aliphatic rings. The Morgan fingerprint density at radius 2 is 2.07 bits per heavy atom. The van der Waals surface area contributed by atoms with Crippen molar-refractivity contribution in [3.63, 3.8) is 0 Å². The van der Waals surface area contributed by atoms with Gasteiger partial charge in [0.25, 0.3) is 0 Å². The van der Waals surface area contributed by atoms with Crippen LogP contribution in [0.15, 0.2) is 0 Å². The van der Waals surface area contributed by atoms with E-state index in [0.29, 0.717) is 13.0 Å². The molecule has 0 heterocycles. The molecule has 84 valence electrons. The summed E-state index contributed by atoms with van der Waals surface area (Å²) in [5, 5.41) is 0. The van der Waals surface area contributed by atoms with Crippen LogP contribution in [0.2, 0.25) is 0 Å². The second-order valence-electron chi connectivity index (χ2n) is 4.26. The summed E-state index contributed by atoms with van der Waals surface area (Å²) in [6, 6.07) is 0.259. The molecule has 4 heteroatoms. The zero-order valence-electron chi connectivity index (χ0n) is 9.83. The van der Waals surface area contributed by atoms with E-state index in [4.69, 9.17) is 5.73 Å². The number of esters is 1. The van der Waals surface area contributed by atoms with E-state index in [2.05, 4.69) is 9.64 Å². The van der Waals surface area contributed by atoms with Gasteiger partial charge in [0.1, 0.15) is 0 Å². The topological polar surface area (TPSA) is 55.6 Å².